The van der Waals surface area contributed by atoms with E-state index >= 15 is 0 Å². The maximum Gasteiger partial charge on any atom is 0.154 e. The molecule has 2 aromatic rings. The summed E-state index contributed by atoms with van der Waals surface area (Å²) in [6.07, 6.45) is 3.24. The van der Waals surface area contributed by atoms with Gasteiger partial charge in [-0.25, -0.2) is 9.97 Å². The van der Waals surface area contributed by atoms with Gasteiger partial charge in [0.25, 0.3) is 0 Å². The average molecular weight is 240 g/mol. The predicted octanol–water partition coefficient (Wildman–Crippen LogP) is 2.71. The van der Waals surface area contributed by atoms with Crippen LogP contribution in [0, 0.1) is 5.41 Å². The number of rotatable bonds is 4. The quantitative estimate of drug-likeness (QED) is 0.808. The summed E-state index contributed by atoms with van der Waals surface area (Å²) in [4.78, 5) is 8.51. The van der Waals surface area contributed by atoms with E-state index in [9.17, 15) is 0 Å². The van der Waals surface area contributed by atoms with Crippen molar-refractivity contribution in [1.29, 1.82) is 5.41 Å². The lowest BCUT2D eigenvalue weighted by Crippen LogP contribution is -2.16. The van der Waals surface area contributed by atoms with Gasteiger partial charge >= 0.3 is 0 Å². The minimum atomic E-state index is 0.254. The summed E-state index contributed by atoms with van der Waals surface area (Å²) in [7, 11) is 0. The molecule has 0 aliphatic carbocycles. The molecule has 0 unspecified atom stereocenters. The van der Waals surface area contributed by atoms with E-state index < -0.39 is 0 Å². The molecule has 0 saturated heterocycles. The van der Waals surface area contributed by atoms with Crippen LogP contribution in [-0.2, 0) is 0 Å². The number of hydrogen-bond donors (Lipinski definition) is 2. The molecule has 0 spiro atoms. The number of hydrogen-bond acceptors (Lipinski definition) is 4. The summed E-state index contributed by atoms with van der Waals surface area (Å²) in [5, 5.41) is 11.4. The first-order valence-corrected chi connectivity index (χ1v) is 5.90. The van der Waals surface area contributed by atoms with Crippen LogP contribution in [0.15, 0.2) is 42.7 Å². The first-order valence-electron chi connectivity index (χ1n) is 5.90. The number of anilines is 1. The molecular formula is C14H16N4. The van der Waals surface area contributed by atoms with E-state index in [1.54, 1.807) is 12.4 Å². The standard InChI is InChI=1S/C14H16N4/c1-10(2)18-14-13(16-8-9-17-14)12(15)11-6-4-3-5-7-11/h3-10,15H,1-2H3,(H,17,18). The van der Waals surface area contributed by atoms with Crippen LogP contribution in [0.1, 0.15) is 25.1 Å². The van der Waals surface area contributed by atoms with Gasteiger partial charge in [0, 0.05) is 24.0 Å². The smallest absolute Gasteiger partial charge is 0.154 e. The van der Waals surface area contributed by atoms with Crippen molar-refractivity contribution in [3.63, 3.8) is 0 Å². The Kier molecular flexibility index (Phi) is 3.67. The fourth-order valence-corrected chi connectivity index (χ4v) is 1.64. The van der Waals surface area contributed by atoms with Crippen LogP contribution in [0.4, 0.5) is 5.82 Å². The predicted molar refractivity (Wildman–Crippen MR) is 73.2 cm³/mol. The fourth-order valence-electron chi connectivity index (χ4n) is 1.64. The maximum atomic E-state index is 8.21. The average Bonchev–Trinajstić information content (AvgIpc) is 2.39. The molecule has 1 aromatic carbocycles. The Hall–Kier alpha value is -2.23. The van der Waals surface area contributed by atoms with Crippen molar-refractivity contribution in [2.75, 3.05) is 5.32 Å². The molecule has 2 rings (SSSR count). The minimum absolute atomic E-state index is 0.254. The van der Waals surface area contributed by atoms with Gasteiger partial charge in [0.2, 0.25) is 0 Å². The summed E-state index contributed by atoms with van der Waals surface area (Å²) in [6.45, 7) is 4.06. The van der Waals surface area contributed by atoms with Crippen LogP contribution in [0.3, 0.4) is 0 Å². The van der Waals surface area contributed by atoms with Crippen molar-refractivity contribution in [3.05, 3.63) is 54.0 Å². The largest absolute Gasteiger partial charge is 0.366 e. The Morgan fingerprint density at radius 1 is 1.11 bits per heavy atom. The monoisotopic (exact) mass is 240 g/mol. The van der Waals surface area contributed by atoms with Crippen LogP contribution in [0.5, 0.6) is 0 Å². The highest BCUT2D eigenvalue weighted by Crippen LogP contribution is 2.14. The Labute approximate surface area is 107 Å². The maximum absolute atomic E-state index is 8.21. The second kappa shape index (κ2) is 5.40. The molecule has 0 bridgehead atoms. The van der Waals surface area contributed by atoms with Crippen LogP contribution in [0.2, 0.25) is 0 Å². The first-order chi connectivity index (χ1) is 8.68. The minimum Gasteiger partial charge on any atom is -0.366 e. The van der Waals surface area contributed by atoms with Crippen LogP contribution >= 0.6 is 0 Å². The van der Waals surface area contributed by atoms with Gasteiger partial charge in [0.05, 0.1) is 5.71 Å². The van der Waals surface area contributed by atoms with E-state index in [2.05, 4.69) is 15.3 Å². The highest BCUT2D eigenvalue weighted by molar-refractivity contribution is 6.12. The molecule has 2 N–H and O–H groups in total. The summed E-state index contributed by atoms with van der Waals surface area (Å²) >= 11 is 0. The third kappa shape index (κ3) is 2.71. The van der Waals surface area contributed by atoms with Crippen LogP contribution < -0.4 is 5.32 Å². The van der Waals surface area contributed by atoms with Crippen molar-refractivity contribution in [3.8, 4) is 0 Å². The SMILES string of the molecule is CC(C)Nc1nccnc1C(=N)c1ccccc1. The third-order valence-corrected chi connectivity index (χ3v) is 2.42. The van der Waals surface area contributed by atoms with Crippen LogP contribution in [0.25, 0.3) is 0 Å². The number of nitrogens with zero attached hydrogens (tertiary/aromatic N) is 2. The Morgan fingerprint density at radius 3 is 2.44 bits per heavy atom. The van der Waals surface area contributed by atoms with Crippen LogP contribution in [-0.4, -0.2) is 21.7 Å². The molecule has 0 radical (unpaired) electrons. The van der Waals surface area contributed by atoms with Gasteiger partial charge in [-0.2, -0.15) is 0 Å². The van der Waals surface area contributed by atoms with E-state index in [0.717, 1.165) is 5.56 Å². The lowest BCUT2D eigenvalue weighted by molar-refractivity contribution is 0.884. The topological polar surface area (TPSA) is 61.7 Å². The summed E-state index contributed by atoms with van der Waals surface area (Å²) in [5.41, 5.74) is 1.80. The Balaban J connectivity index is 2.36. The number of aromatic nitrogens is 2. The number of nitrogens with one attached hydrogen (secondary N) is 2. The van der Waals surface area contributed by atoms with Gasteiger partial charge in [-0.05, 0) is 13.8 Å². The molecule has 4 heteroatoms. The molecule has 1 heterocycles. The Bertz CT molecular complexity index is 535. The van der Waals surface area contributed by atoms with E-state index in [1.807, 2.05) is 44.2 Å². The Morgan fingerprint density at radius 2 is 1.78 bits per heavy atom. The number of benzene rings is 1. The zero-order valence-corrected chi connectivity index (χ0v) is 10.5. The second-order valence-electron chi connectivity index (χ2n) is 4.29. The molecule has 0 fully saturated rings. The van der Waals surface area contributed by atoms with Crippen molar-refractivity contribution >= 4 is 11.5 Å². The molecule has 18 heavy (non-hydrogen) atoms. The van der Waals surface area contributed by atoms with Gasteiger partial charge in [-0.15, -0.1) is 0 Å². The van der Waals surface area contributed by atoms with Crippen molar-refractivity contribution in [2.45, 2.75) is 19.9 Å². The lowest BCUT2D eigenvalue weighted by atomic mass is 10.1. The fraction of sp³-hybridized carbons (Fsp3) is 0.214. The molecule has 0 aliphatic rings. The highest BCUT2D eigenvalue weighted by atomic mass is 15.0. The van der Waals surface area contributed by atoms with Crippen molar-refractivity contribution < 1.29 is 0 Å². The summed E-state index contributed by atoms with van der Waals surface area (Å²) < 4.78 is 0. The van der Waals surface area contributed by atoms with E-state index in [1.165, 1.54) is 0 Å². The summed E-state index contributed by atoms with van der Waals surface area (Å²) in [5.74, 6) is 0.654. The molecular weight excluding hydrogens is 224 g/mol. The zero-order chi connectivity index (χ0) is 13.0. The molecule has 0 saturated carbocycles. The van der Waals surface area contributed by atoms with Gasteiger partial charge in [-0.3, -0.25) is 5.41 Å². The van der Waals surface area contributed by atoms with Gasteiger partial charge in [0.15, 0.2) is 5.82 Å². The van der Waals surface area contributed by atoms with Gasteiger partial charge in [-0.1, -0.05) is 30.3 Å². The first kappa shape index (κ1) is 12.2. The molecule has 1 aromatic heterocycles. The molecule has 4 nitrogen and oxygen atoms in total. The van der Waals surface area contributed by atoms with Crippen molar-refractivity contribution in [2.24, 2.45) is 0 Å². The molecule has 0 aliphatic heterocycles. The molecule has 0 atom stereocenters. The van der Waals surface area contributed by atoms with Gasteiger partial charge in [0.1, 0.15) is 5.69 Å². The van der Waals surface area contributed by atoms with Crippen molar-refractivity contribution in [1.82, 2.24) is 9.97 Å². The van der Waals surface area contributed by atoms with E-state index in [-0.39, 0.29) is 6.04 Å². The van der Waals surface area contributed by atoms with E-state index in [4.69, 9.17) is 5.41 Å². The van der Waals surface area contributed by atoms with E-state index in [0.29, 0.717) is 17.2 Å². The van der Waals surface area contributed by atoms with Gasteiger partial charge < -0.3 is 5.32 Å². The highest BCUT2D eigenvalue weighted by Gasteiger charge is 2.12. The molecule has 92 valence electrons. The zero-order valence-electron chi connectivity index (χ0n) is 10.5. The lowest BCUT2D eigenvalue weighted by Gasteiger charge is -2.13. The molecule has 0 amide bonds. The second-order valence-corrected chi connectivity index (χ2v) is 4.29. The third-order valence-electron chi connectivity index (χ3n) is 2.42. The summed E-state index contributed by atoms with van der Waals surface area (Å²) in [6, 6.07) is 9.81. The normalized spacial score (nSPS) is 10.4.